The minimum atomic E-state index is -4.65. The van der Waals surface area contributed by atoms with Crippen LogP contribution < -0.4 is 33.1 Å². The van der Waals surface area contributed by atoms with Gasteiger partial charge in [-0.2, -0.15) is 13.2 Å². The van der Waals surface area contributed by atoms with Crippen LogP contribution in [0.2, 0.25) is 0 Å². The van der Waals surface area contributed by atoms with Crippen molar-refractivity contribution in [3.8, 4) is 11.5 Å². The van der Waals surface area contributed by atoms with E-state index in [9.17, 15) is 79.2 Å². The Kier molecular flexibility index (Phi) is 38.1. The van der Waals surface area contributed by atoms with Gasteiger partial charge in [0.15, 0.2) is 0 Å². The molecule has 0 radical (unpaired) electrons. The monoisotopic (exact) mass is 2130 g/mol. The predicted molar refractivity (Wildman–Crippen MR) is 572 cm³/mol. The van der Waals surface area contributed by atoms with E-state index < -0.39 is 96.6 Å². The van der Waals surface area contributed by atoms with Gasteiger partial charge in [0.25, 0.3) is 50.1 Å². The van der Waals surface area contributed by atoms with Gasteiger partial charge >= 0.3 is 36.0 Å². The molecule has 0 saturated heterocycles. The van der Waals surface area contributed by atoms with Crippen LogP contribution in [0.3, 0.4) is 0 Å². The minimum absolute atomic E-state index is 0.0229. The first-order chi connectivity index (χ1) is 71.4. The smallest absolute Gasteiger partial charge is 0.416 e. The van der Waals surface area contributed by atoms with Gasteiger partial charge in [0.05, 0.1) is 67.2 Å². The lowest BCUT2D eigenvalue weighted by atomic mass is 10.0. The van der Waals surface area contributed by atoms with Gasteiger partial charge in [0.1, 0.15) is 16.4 Å². The number of ether oxygens (including phenoxy) is 2. The van der Waals surface area contributed by atoms with Crippen LogP contribution in [0.15, 0.2) is 395 Å². The maximum absolute atomic E-state index is 13.0. The lowest BCUT2D eigenvalue weighted by molar-refractivity contribution is -0.137. The molecule has 0 aliphatic rings. The van der Waals surface area contributed by atoms with Gasteiger partial charge in [-0.3, -0.25) is 23.6 Å². The molecule has 774 valence electrons. The Balaban J connectivity index is 0.000000166. The number of alkyl halides is 3. The highest BCUT2D eigenvalue weighted by molar-refractivity contribution is 7.94. The summed E-state index contributed by atoms with van der Waals surface area (Å²) in [6, 6.07) is 102. The molecule has 27 nitrogen and oxygen atoms in total. The number of rotatable bonds is 37. The van der Waals surface area contributed by atoms with Gasteiger partial charge in [-0.15, -0.1) is 0 Å². The Morgan fingerprint density at radius 2 is 0.553 bits per heavy atom. The van der Waals surface area contributed by atoms with E-state index in [4.69, 9.17) is 35.0 Å². The van der Waals surface area contributed by atoms with Crippen LogP contribution in [-0.4, -0.2) is 112 Å². The molecule has 0 aliphatic carbocycles. The third-order valence-corrected chi connectivity index (χ3v) is 30.6. The molecule has 0 unspecified atom stereocenters. The van der Waals surface area contributed by atoms with E-state index in [2.05, 4.69) is 23.6 Å². The minimum Gasteiger partial charge on any atom is -0.497 e. The first-order valence-corrected chi connectivity index (χ1v) is 54.0. The molecule has 0 saturated carbocycles. The fraction of sp³-hybridized carbons (Fsp3) is 0.139. The van der Waals surface area contributed by atoms with Crippen molar-refractivity contribution >= 4 is 119 Å². The summed E-state index contributed by atoms with van der Waals surface area (Å²) < 4.78 is 189. The topological polar surface area (TPSA) is 436 Å². The summed E-state index contributed by atoms with van der Waals surface area (Å²) >= 11 is 0. The number of methoxy groups -OCH3 is 2. The summed E-state index contributed by atoms with van der Waals surface area (Å²) in [5.41, 5.74) is 14.0. The van der Waals surface area contributed by atoms with Crippen LogP contribution >= 0.6 is 0 Å². The maximum Gasteiger partial charge on any atom is 0.416 e. The van der Waals surface area contributed by atoms with Crippen molar-refractivity contribution in [3.63, 3.8) is 0 Å². The summed E-state index contributed by atoms with van der Waals surface area (Å²) in [5, 5.41) is 47.0. The fourth-order valence-electron chi connectivity index (χ4n) is 15.8. The first-order valence-electron chi connectivity index (χ1n) is 46.6. The number of hydrogen-bond acceptors (Lipinski definition) is 17. The molecule has 0 fully saturated rings. The quantitative estimate of drug-likeness (QED) is 0.0173. The van der Waals surface area contributed by atoms with E-state index in [1.54, 1.807) is 225 Å². The van der Waals surface area contributed by atoms with Crippen LogP contribution in [0.25, 0.3) is 10.8 Å². The highest BCUT2D eigenvalue weighted by Crippen LogP contribution is 2.35. The molecule has 16 aromatic rings. The second-order valence-electron chi connectivity index (χ2n) is 34.7. The van der Waals surface area contributed by atoms with Crippen molar-refractivity contribution in [1.29, 1.82) is 0 Å². The number of sulfonamides is 5. The standard InChI is InChI=1S/C25H21NO4S.C23H23NO6S.C23H23NO4S.C22H18F3NO4S.C22H21NO4S/c27-25(28)21-10-3-6-18(16-21)14-15-19-7-4-11-22(17-19)26-31(29,30)24-13-5-9-20-8-1-2-12-23(20)24;1-29-20-11-12-21(30-2)22(15-20)31(27,28)24-19-8-4-6-17(14-19)10-9-16-5-3-7-18(13-16)23(25)26;1-16-9-12-22(17(2)13-16)29(27,28)24-21-8-4-6-19(15-21)11-10-18-5-3-7-20(14-18)23(25)26;23-22(24,25)18-7-3-9-20(14-18)31(29,30)26-19-8-2-5-16(13-19)11-10-15-4-1-6-17(12-15)21(27)28;1-16-8-12-21(13-9-16)28(26,27)23-20-7-3-5-18(15-20)11-10-17-4-2-6-19(14-17)22(24)25/h1-13,16-17,26H,14-15H2,(H,27,28);3-8,11-15,24H,9-10H2,1-2H3,(H,25,26);3-9,12-15,24H,10-11H2,1-2H3,(H,25,26);1-9,12-14,26H,10-11H2,(H,27,28);2-9,12-15,23H,10-11H2,1H3,(H,24,25). The number of fused-ring (bicyclic) bond motifs is 1. The van der Waals surface area contributed by atoms with E-state index >= 15 is 0 Å². The highest BCUT2D eigenvalue weighted by atomic mass is 32.2. The van der Waals surface area contributed by atoms with Crippen molar-refractivity contribution in [2.45, 2.75) is 116 Å². The summed E-state index contributed by atoms with van der Waals surface area (Å²) in [5.74, 6) is -4.23. The number of aryl methyl sites for hydroxylation is 13. The van der Waals surface area contributed by atoms with E-state index in [0.29, 0.717) is 110 Å². The normalized spacial score (nSPS) is 11.3. The molecular weight excluding hydrogens is 2020 g/mol. The average Bonchev–Trinajstić information content (AvgIpc) is 0.775. The van der Waals surface area contributed by atoms with Gasteiger partial charge in [-0.05, 0) is 327 Å². The summed E-state index contributed by atoms with van der Waals surface area (Å²) in [4.78, 5) is 55.7. The molecule has 16 rings (SSSR count). The van der Waals surface area contributed by atoms with Crippen molar-refractivity contribution in [2.75, 3.05) is 37.8 Å². The number of carboxylic acid groups (broad SMARTS) is 5. The SMILES string of the molecule is COc1ccc(OC)c(S(=O)(=O)Nc2cccc(CCc3cccc(C(=O)O)c3)c2)c1.Cc1ccc(S(=O)(=O)Nc2cccc(CCc3cccc(C(=O)O)c3)c2)c(C)c1.Cc1ccc(S(=O)(=O)Nc2cccc(CCc3cccc(C(=O)O)c3)c2)cc1.O=C(O)c1cccc(CCc2cccc(NS(=O)(=O)c3cccc(C(F)(F)F)c3)c2)c1.O=C(O)c1cccc(CCc2cccc(NS(=O)(=O)c3cccc4ccccc34)c2)c1. The van der Waals surface area contributed by atoms with Gasteiger partial charge in [-0.25, -0.2) is 66.1 Å². The number of benzene rings is 16. The molecule has 0 amide bonds. The van der Waals surface area contributed by atoms with E-state index in [1.165, 1.54) is 38.5 Å². The Bertz CT molecular complexity index is 8220. The number of carboxylic acids is 5. The fourth-order valence-corrected chi connectivity index (χ4v) is 21.8. The van der Waals surface area contributed by atoms with Gasteiger partial charge in [-0.1, -0.05) is 199 Å². The van der Waals surface area contributed by atoms with Crippen LogP contribution in [-0.2, 0) is 121 Å². The Morgan fingerprint density at radius 3 is 0.887 bits per heavy atom. The molecule has 35 heteroatoms. The third kappa shape index (κ3) is 32.9. The molecule has 150 heavy (non-hydrogen) atoms. The molecule has 10 N–H and O–H groups in total. The summed E-state index contributed by atoms with van der Waals surface area (Å²) in [6.45, 7) is 5.61. The van der Waals surface area contributed by atoms with Crippen molar-refractivity contribution < 1.29 is 114 Å². The molecular formula is C115H106F3N5O22S5. The second kappa shape index (κ2) is 51.1. The number of carbonyl (C=O) groups is 5. The van der Waals surface area contributed by atoms with Crippen molar-refractivity contribution in [2.24, 2.45) is 0 Å². The number of aromatic carboxylic acids is 5. The van der Waals surface area contributed by atoms with Crippen LogP contribution in [0.1, 0.15) is 130 Å². The van der Waals surface area contributed by atoms with Crippen LogP contribution in [0, 0.1) is 20.8 Å². The summed E-state index contributed by atoms with van der Waals surface area (Å²) in [7, 11) is -16.3. The second-order valence-corrected chi connectivity index (χ2v) is 43.0. The van der Waals surface area contributed by atoms with Gasteiger partial charge in [0, 0.05) is 39.9 Å². The highest BCUT2D eigenvalue weighted by Gasteiger charge is 2.32. The Labute approximate surface area is 868 Å². The average molecular weight is 2130 g/mol. The molecule has 0 aromatic heterocycles. The van der Waals surface area contributed by atoms with Crippen LogP contribution in [0.4, 0.5) is 41.6 Å². The van der Waals surface area contributed by atoms with Crippen molar-refractivity contribution in [1.82, 2.24) is 0 Å². The third-order valence-electron chi connectivity index (χ3n) is 23.4. The van der Waals surface area contributed by atoms with E-state index in [0.717, 1.165) is 90.3 Å². The van der Waals surface area contributed by atoms with Gasteiger partial charge in [0.2, 0.25) is 0 Å². The number of halogens is 3. The largest absolute Gasteiger partial charge is 0.497 e. The molecule has 0 aliphatic heterocycles. The molecule has 0 spiro atoms. The molecule has 16 aromatic carbocycles. The van der Waals surface area contributed by atoms with E-state index in [-0.39, 0.29) is 58.8 Å². The molecule has 0 bridgehead atoms. The molecule has 0 atom stereocenters. The van der Waals surface area contributed by atoms with Gasteiger partial charge < -0.3 is 35.0 Å². The zero-order valence-electron chi connectivity index (χ0n) is 81.6. The zero-order chi connectivity index (χ0) is 108. The number of anilines is 5. The Hall–Kier alpha value is -16.7. The predicted octanol–water partition coefficient (Wildman–Crippen LogP) is 23.0. The lowest BCUT2D eigenvalue weighted by Gasteiger charge is -2.13. The van der Waals surface area contributed by atoms with E-state index in [1.807, 2.05) is 117 Å². The number of hydrogen-bond donors (Lipinski definition) is 10. The zero-order valence-corrected chi connectivity index (χ0v) is 85.7. The van der Waals surface area contributed by atoms with Crippen LogP contribution in [0.5, 0.6) is 11.5 Å². The summed E-state index contributed by atoms with van der Waals surface area (Å²) in [6.07, 6.45) is 1.63. The maximum atomic E-state index is 13.0. The first kappa shape index (κ1) is 112. The Morgan fingerprint density at radius 1 is 0.260 bits per heavy atom. The molecule has 0 heterocycles. The number of nitrogens with one attached hydrogen (secondary N) is 5. The van der Waals surface area contributed by atoms with Crippen molar-refractivity contribution in [3.05, 3.63) is 476 Å². The lowest BCUT2D eigenvalue weighted by Crippen LogP contribution is -2.14.